The van der Waals surface area contributed by atoms with Crippen LogP contribution in [0.4, 0.5) is 0 Å². The van der Waals surface area contributed by atoms with Crippen LogP contribution in [0.5, 0.6) is 0 Å². The highest BCUT2D eigenvalue weighted by Crippen LogP contribution is 2.22. The minimum absolute atomic E-state index is 0.487. The molecule has 1 aromatic heterocycles. The first kappa shape index (κ1) is 12.8. The molecule has 1 unspecified atom stereocenters. The lowest BCUT2D eigenvalue weighted by Gasteiger charge is -2.15. The smallest absolute Gasteiger partial charge is 0.0847 e. The van der Waals surface area contributed by atoms with E-state index in [4.69, 9.17) is 0 Å². The lowest BCUT2D eigenvalue weighted by molar-refractivity contribution is 0.177. The maximum absolute atomic E-state index is 10.3. The first-order chi connectivity index (χ1) is 8.58. The summed E-state index contributed by atoms with van der Waals surface area (Å²) in [6, 6.07) is 8.28. The molecule has 1 atom stereocenters. The molecule has 0 amide bonds. The van der Waals surface area contributed by atoms with Crippen molar-refractivity contribution in [1.29, 1.82) is 0 Å². The van der Waals surface area contributed by atoms with Crippen LogP contribution in [-0.2, 0) is 6.42 Å². The van der Waals surface area contributed by atoms with Gasteiger partial charge in [0.05, 0.1) is 6.10 Å². The van der Waals surface area contributed by atoms with Crippen molar-refractivity contribution in [2.45, 2.75) is 33.3 Å². The third-order valence-corrected chi connectivity index (χ3v) is 3.36. The van der Waals surface area contributed by atoms with E-state index in [1.807, 2.05) is 13.0 Å². The van der Waals surface area contributed by atoms with Gasteiger partial charge in [-0.1, -0.05) is 23.8 Å². The van der Waals surface area contributed by atoms with Crippen molar-refractivity contribution in [2.24, 2.45) is 0 Å². The molecule has 94 valence electrons. The van der Waals surface area contributed by atoms with Gasteiger partial charge in [-0.3, -0.25) is 4.98 Å². The number of aryl methyl sites for hydroxylation is 3. The van der Waals surface area contributed by atoms with Gasteiger partial charge in [-0.15, -0.1) is 0 Å². The number of aliphatic hydroxyl groups excluding tert-OH is 1. The topological polar surface area (TPSA) is 33.1 Å². The van der Waals surface area contributed by atoms with Gasteiger partial charge in [-0.25, -0.2) is 0 Å². The predicted molar refractivity (Wildman–Crippen MR) is 73.6 cm³/mol. The largest absolute Gasteiger partial charge is 0.388 e. The van der Waals surface area contributed by atoms with Crippen molar-refractivity contribution in [3.05, 3.63) is 64.5 Å². The molecule has 0 saturated heterocycles. The summed E-state index contributed by atoms with van der Waals surface area (Å²) in [5.74, 6) is 0. The van der Waals surface area contributed by atoms with E-state index in [-0.39, 0.29) is 0 Å². The van der Waals surface area contributed by atoms with Gasteiger partial charge < -0.3 is 5.11 Å². The Hall–Kier alpha value is -1.67. The molecule has 1 N–H and O–H groups in total. The molecule has 0 aliphatic rings. The fraction of sp³-hybridized carbons (Fsp3) is 0.312. The van der Waals surface area contributed by atoms with Crippen LogP contribution in [0.1, 0.15) is 33.9 Å². The molecule has 2 aromatic rings. The van der Waals surface area contributed by atoms with Crippen LogP contribution in [0.3, 0.4) is 0 Å². The lowest BCUT2D eigenvalue weighted by Crippen LogP contribution is -2.05. The molecule has 0 spiro atoms. The van der Waals surface area contributed by atoms with Crippen molar-refractivity contribution >= 4 is 0 Å². The summed E-state index contributed by atoms with van der Waals surface area (Å²) in [4.78, 5) is 4.09. The molecule has 1 heterocycles. The summed E-state index contributed by atoms with van der Waals surface area (Å²) in [5.41, 5.74) is 5.65. The molecule has 0 fully saturated rings. The van der Waals surface area contributed by atoms with Crippen LogP contribution in [0.25, 0.3) is 0 Å². The van der Waals surface area contributed by atoms with Crippen LogP contribution >= 0.6 is 0 Å². The zero-order chi connectivity index (χ0) is 13.1. The fourth-order valence-electron chi connectivity index (χ4n) is 2.16. The number of rotatable bonds is 3. The molecular formula is C16H19NO. The number of aliphatic hydroxyl groups is 1. The lowest BCUT2D eigenvalue weighted by atomic mass is 9.96. The van der Waals surface area contributed by atoms with Crippen LogP contribution in [0, 0.1) is 20.8 Å². The summed E-state index contributed by atoms with van der Waals surface area (Å²) in [6.45, 7) is 6.16. The molecule has 0 aliphatic heterocycles. The second-order valence-corrected chi connectivity index (χ2v) is 4.88. The second-order valence-electron chi connectivity index (χ2n) is 4.88. The average Bonchev–Trinajstić information content (AvgIpc) is 2.34. The zero-order valence-corrected chi connectivity index (χ0v) is 11.1. The Bertz CT molecular complexity index is 549. The van der Waals surface area contributed by atoms with Crippen LogP contribution < -0.4 is 0 Å². The molecule has 2 rings (SSSR count). The zero-order valence-electron chi connectivity index (χ0n) is 11.1. The number of aromatic nitrogens is 1. The van der Waals surface area contributed by atoms with Gasteiger partial charge in [0.25, 0.3) is 0 Å². The molecule has 0 radical (unpaired) electrons. The van der Waals surface area contributed by atoms with E-state index in [0.717, 1.165) is 11.1 Å². The average molecular weight is 241 g/mol. The summed E-state index contributed by atoms with van der Waals surface area (Å²) in [5, 5.41) is 10.3. The molecule has 0 bridgehead atoms. The van der Waals surface area contributed by atoms with E-state index in [2.05, 4.69) is 37.0 Å². The Kier molecular flexibility index (Phi) is 3.78. The fourth-order valence-corrected chi connectivity index (χ4v) is 2.16. The van der Waals surface area contributed by atoms with Crippen molar-refractivity contribution < 1.29 is 5.11 Å². The first-order valence-corrected chi connectivity index (χ1v) is 6.22. The Morgan fingerprint density at radius 2 is 1.89 bits per heavy atom. The van der Waals surface area contributed by atoms with E-state index in [0.29, 0.717) is 6.42 Å². The minimum atomic E-state index is -0.487. The van der Waals surface area contributed by atoms with Crippen molar-refractivity contribution in [3.63, 3.8) is 0 Å². The first-order valence-electron chi connectivity index (χ1n) is 6.22. The van der Waals surface area contributed by atoms with E-state index in [1.165, 1.54) is 16.7 Å². The molecule has 2 nitrogen and oxygen atoms in total. The van der Waals surface area contributed by atoms with Crippen molar-refractivity contribution in [3.8, 4) is 0 Å². The molecule has 2 heteroatoms. The Balaban J connectivity index is 2.24. The van der Waals surface area contributed by atoms with E-state index >= 15 is 0 Å². The Labute approximate surface area is 108 Å². The number of pyridine rings is 1. The number of benzene rings is 1. The predicted octanol–water partition coefficient (Wildman–Crippen LogP) is 3.28. The van der Waals surface area contributed by atoms with Gasteiger partial charge in [-0.2, -0.15) is 0 Å². The van der Waals surface area contributed by atoms with E-state index in [9.17, 15) is 5.11 Å². The highest BCUT2D eigenvalue weighted by atomic mass is 16.3. The monoisotopic (exact) mass is 241 g/mol. The quantitative estimate of drug-likeness (QED) is 0.894. The van der Waals surface area contributed by atoms with Crippen LogP contribution in [-0.4, -0.2) is 10.1 Å². The molecule has 0 saturated carbocycles. The second kappa shape index (κ2) is 5.32. The molecule has 1 aromatic carbocycles. The number of hydrogen-bond acceptors (Lipinski definition) is 2. The Morgan fingerprint density at radius 1 is 1.11 bits per heavy atom. The third kappa shape index (κ3) is 2.77. The summed E-state index contributed by atoms with van der Waals surface area (Å²) in [6.07, 6.45) is 3.66. The number of nitrogens with zero attached hydrogens (tertiary/aromatic N) is 1. The summed E-state index contributed by atoms with van der Waals surface area (Å²) in [7, 11) is 0. The SMILES string of the molecule is Cc1ccc(C)c(CC(O)c2cnccc2C)c1. The highest BCUT2D eigenvalue weighted by molar-refractivity contribution is 5.33. The maximum atomic E-state index is 10.3. The Morgan fingerprint density at radius 3 is 2.61 bits per heavy atom. The maximum Gasteiger partial charge on any atom is 0.0847 e. The van der Waals surface area contributed by atoms with Gasteiger partial charge in [0.15, 0.2) is 0 Å². The van der Waals surface area contributed by atoms with Gasteiger partial charge in [-0.05, 0) is 43.5 Å². The van der Waals surface area contributed by atoms with Crippen molar-refractivity contribution in [2.75, 3.05) is 0 Å². The van der Waals surface area contributed by atoms with Crippen molar-refractivity contribution in [1.82, 2.24) is 4.98 Å². The third-order valence-electron chi connectivity index (χ3n) is 3.36. The normalized spacial score (nSPS) is 12.4. The van der Waals surface area contributed by atoms with Gasteiger partial charge in [0.1, 0.15) is 0 Å². The van der Waals surface area contributed by atoms with Gasteiger partial charge in [0, 0.05) is 24.4 Å². The van der Waals surface area contributed by atoms with Crippen LogP contribution in [0.2, 0.25) is 0 Å². The highest BCUT2D eigenvalue weighted by Gasteiger charge is 2.12. The standard InChI is InChI=1S/C16H19NO/c1-11-4-5-12(2)14(8-11)9-16(18)15-10-17-7-6-13(15)3/h4-8,10,16,18H,9H2,1-3H3. The summed E-state index contributed by atoms with van der Waals surface area (Å²) >= 11 is 0. The molecule has 0 aliphatic carbocycles. The summed E-state index contributed by atoms with van der Waals surface area (Å²) < 4.78 is 0. The van der Waals surface area contributed by atoms with E-state index < -0.39 is 6.10 Å². The number of hydrogen-bond donors (Lipinski definition) is 1. The minimum Gasteiger partial charge on any atom is -0.388 e. The molecular weight excluding hydrogens is 222 g/mol. The van der Waals surface area contributed by atoms with Gasteiger partial charge in [0.2, 0.25) is 0 Å². The van der Waals surface area contributed by atoms with Gasteiger partial charge >= 0.3 is 0 Å². The van der Waals surface area contributed by atoms with E-state index in [1.54, 1.807) is 12.4 Å². The van der Waals surface area contributed by atoms with Crippen LogP contribution in [0.15, 0.2) is 36.7 Å². The molecule has 18 heavy (non-hydrogen) atoms.